The van der Waals surface area contributed by atoms with Crippen molar-refractivity contribution in [2.45, 2.75) is 121 Å². The van der Waals surface area contributed by atoms with E-state index < -0.39 is 23.6 Å². The summed E-state index contributed by atoms with van der Waals surface area (Å²) in [6, 6.07) is 0. The van der Waals surface area contributed by atoms with Crippen LogP contribution in [0.25, 0.3) is 0 Å². The van der Waals surface area contributed by atoms with Gasteiger partial charge in [0, 0.05) is 18.8 Å². The van der Waals surface area contributed by atoms with Gasteiger partial charge in [-0.3, -0.25) is 4.79 Å². The highest BCUT2D eigenvalue weighted by molar-refractivity contribution is 5.79. The number of hydrogen-bond acceptors (Lipinski definition) is 4. The molecule has 0 aromatic carbocycles. The van der Waals surface area contributed by atoms with Gasteiger partial charge in [-0.1, -0.05) is 76.9 Å². The van der Waals surface area contributed by atoms with Gasteiger partial charge >= 0.3 is 5.97 Å². The molecule has 0 heterocycles. The van der Waals surface area contributed by atoms with Gasteiger partial charge in [-0.15, -0.1) is 0 Å². The molecule has 168 valence electrons. The normalized spacial score (nSPS) is 27.3. The fraction of sp³-hybridized carbons (Fsp3) is 0.833. The van der Waals surface area contributed by atoms with Crippen LogP contribution in [0, 0.1) is 5.92 Å². The first-order valence-corrected chi connectivity index (χ1v) is 11.7. The lowest BCUT2D eigenvalue weighted by atomic mass is 9.79. The van der Waals surface area contributed by atoms with Crippen molar-refractivity contribution in [3.05, 3.63) is 12.2 Å². The first-order chi connectivity index (χ1) is 13.9. The zero-order chi connectivity index (χ0) is 21.5. The number of carboxylic acids is 1. The molecule has 1 fully saturated rings. The van der Waals surface area contributed by atoms with Gasteiger partial charge in [0.05, 0.1) is 6.10 Å². The van der Waals surface area contributed by atoms with E-state index in [0.717, 1.165) is 64.2 Å². The number of aliphatic carboxylic acids is 1. The van der Waals surface area contributed by atoms with E-state index in [-0.39, 0.29) is 18.6 Å². The Morgan fingerprint density at radius 3 is 2.31 bits per heavy atom. The molecule has 0 aromatic rings. The van der Waals surface area contributed by atoms with Crippen LogP contribution in [0.2, 0.25) is 0 Å². The number of Topliss-reactive ketones (excluding diaryl/α,β-unsaturated/α-hetero) is 1. The van der Waals surface area contributed by atoms with E-state index >= 15 is 0 Å². The van der Waals surface area contributed by atoms with E-state index in [0.29, 0.717) is 25.7 Å². The molecular formula is C24H42O5. The van der Waals surface area contributed by atoms with Crippen LogP contribution < -0.4 is 0 Å². The predicted octanol–water partition coefficient (Wildman–Crippen LogP) is 5.18. The topological polar surface area (TPSA) is 94.8 Å². The Kier molecular flexibility index (Phi) is 13.1. The smallest absolute Gasteiger partial charge is 0.336 e. The molecule has 1 aliphatic carbocycles. The monoisotopic (exact) mass is 410 g/mol. The van der Waals surface area contributed by atoms with Crippen molar-refractivity contribution in [3.63, 3.8) is 0 Å². The highest BCUT2D eigenvalue weighted by Crippen LogP contribution is 2.31. The number of carbonyl (C=O) groups is 2. The van der Waals surface area contributed by atoms with Crippen molar-refractivity contribution in [1.29, 1.82) is 0 Å². The Morgan fingerprint density at radius 2 is 1.69 bits per heavy atom. The van der Waals surface area contributed by atoms with Crippen LogP contribution in [0.5, 0.6) is 0 Å². The second-order valence-corrected chi connectivity index (χ2v) is 8.69. The van der Waals surface area contributed by atoms with E-state index in [2.05, 4.69) is 6.92 Å². The van der Waals surface area contributed by atoms with Crippen molar-refractivity contribution in [3.8, 4) is 0 Å². The maximum atomic E-state index is 12.3. The molecule has 0 aromatic heterocycles. The Hall–Kier alpha value is -1.20. The number of unbranched alkanes of at least 4 members (excludes halogenated alkanes) is 2. The van der Waals surface area contributed by atoms with Gasteiger partial charge in [-0.25, -0.2) is 4.79 Å². The molecule has 0 amide bonds. The summed E-state index contributed by atoms with van der Waals surface area (Å²) in [5.41, 5.74) is -1.89. The van der Waals surface area contributed by atoms with Crippen LogP contribution in [-0.2, 0) is 9.59 Å². The van der Waals surface area contributed by atoms with Crippen molar-refractivity contribution in [1.82, 2.24) is 0 Å². The summed E-state index contributed by atoms with van der Waals surface area (Å²) >= 11 is 0. The zero-order valence-electron chi connectivity index (χ0n) is 18.3. The number of aliphatic hydroxyl groups is 2. The molecule has 0 radical (unpaired) electrons. The lowest BCUT2D eigenvalue weighted by Gasteiger charge is -2.31. The van der Waals surface area contributed by atoms with Gasteiger partial charge in [0.15, 0.2) is 5.60 Å². The largest absolute Gasteiger partial charge is 0.479 e. The highest BCUT2D eigenvalue weighted by Gasteiger charge is 2.42. The standard InChI is InChI=1S/C24H42O5/c1-2-3-10-13-21(25)17-15-20-16-18-22(26)14-11-8-6-4-5-7-9-12-19-24(20,29)23(27)28/h15,17,20-21,25,29H,2-14,16,18-19H2,1H3,(H,27,28)/b17-15+. The Bertz CT molecular complexity index is 501. The molecule has 3 atom stereocenters. The number of carboxylic acid groups (broad SMARTS) is 1. The number of hydrogen-bond donors (Lipinski definition) is 3. The summed E-state index contributed by atoms with van der Waals surface area (Å²) in [5, 5.41) is 31.0. The molecule has 3 N–H and O–H groups in total. The number of carbonyl (C=O) groups excluding carboxylic acids is 1. The van der Waals surface area contributed by atoms with E-state index in [4.69, 9.17) is 0 Å². The predicted molar refractivity (Wildman–Crippen MR) is 116 cm³/mol. The molecule has 1 saturated carbocycles. The highest BCUT2D eigenvalue weighted by atomic mass is 16.4. The number of rotatable bonds is 7. The number of aliphatic hydroxyl groups excluding tert-OH is 1. The first kappa shape index (κ1) is 25.8. The summed E-state index contributed by atoms with van der Waals surface area (Å²) in [6.45, 7) is 2.10. The molecular weight excluding hydrogens is 368 g/mol. The van der Waals surface area contributed by atoms with Crippen LogP contribution in [0.3, 0.4) is 0 Å². The Labute approximate surface area is 176 Å². The maximum absolute atomic E-state index is 12.3. The Balaban J connectivity index is 2.89. The molecule has 29 heavy (non-hydrogen) atoms. The lowest BCUT2D eigenvalue weighted by molar-refractivity contribution is -0.164. The molecule has 5 heteroatoms. The summed E-state index contributed by atoms with van der Waals surface area (Å²) < 4.78 is 0. The third-order valence-electron chi connectivity index (χ3n) is 6.15. The van der Waals surface area contributed by atoms with Crippen LogP contribution >= 0.6 is 0 Å². The Morgan fingerprint density at radius 1 is 1.07 bits per heavy atom. The second-order valence-electron chi connectivity index (χ2n) is 8.69. The third kappa shape index (κ3) is 10.4. The first-order valence-electron chi connectivity index (χ1n) is 11.7. The maximum Gasteiger partial charge on any atom is 0.336 e. The van der Waals surface area contributed by atoms with Gasteiger partial charge < -0.3 is 15.3 Å². The van der Waals surface area contributed by atoms with Crippen molar-refractivity contribution in [2.24, 2.45) is 5.92 Å². The number of ketones is 1. The summed E-state index contributed by atoms with van der Waals surface area (Å²) in [4.78, 5) is 24.2. The van der Waals surface area contributed by atoms with Crippen molar-refractivity contribution >= 4 is 11.8 Å². The van der Waals surface area contributed by atoms with Gasteiger partial charge in [0.1, 0.15) is 5.78 Å². The summed E-state index contributed by atoms with van der Waals surface area (Å²) in [6.07, 6.45) is 15.5. The van der Waals surface area contributed by atoms with Crippen molar-refractivity contribution < 1.29 is 24.9 Å². The minimum absolute atomic E-state index is 0.134. The van der Waals surface area contributed by atoms with Gasteiger partial charge in [0.25, 0.3) is 0 Å². The van der Waals surface area contributed by atoms with Gasteiger partial charge in [-0.2, -0.15) is 0 Å². The molecule has 3 unspecified atom stereocenters. The van der Waals surface area contributed by atoms with Crippen LogP contribution in [0.15, 0.2) is 12.2 Å². The molecule has 0 aliphatic heterocycles. The van der Waals surface area contributed by atoms with E-state index in [1.165, 1.54) is 0 Å². The average molecular weight is 411 g/mol. The van der Waals surface area contributed by atoms with Crippen LogP contribution in [0.4, 0.5) is 0 Å². The van der Waals surface area contributed by atoms with E-state index in [1.807, 2.05) is 0 Å². The molecule has 0 saturated heterocycles. The zero-order valence-corrected chi connectivity index (χ0v) is 18.3. The third-order valence-corrected chi connectivity index (χ3v) is 6.15. The molecule has 0 spiro atoms. The second kappa shape index (κ2) is 14.7. The molecule has 1 rings (SSSR count). The van der Waals surface area contributed by atoms with E-state index in [9.17, 15) is 24.9 Å². The van der Waals surface area contributed by atoms with Crippen molar-refractivity contribution in [2.75, 3.05) is 0 Å². The van der Waals surface area contributed by atoms with E-state index in [1.54, 1.807) is 12.2 Å². The summed E-state index contributed by atoms with van der Waals surface area (Å²) in [5.74, 6) is -1.77. The van der Waals surface area contributed by atoms with Gasteiger partial charge in [-0.05, 0) is 32.1 Å². The van der Waals surface area contributed by atoms with Gasteiger partial charge in [0.2, 0.25) is 0 Å². The van der Waals surface area contributed by atoms with Crippen LogP contribution in [0.1, 0.15) is 110 Å². The summed E-state index contributed by atoms with van der Waals surface area (Å²) in [7, 11) is 0. The minimum Gasteiger partial charge on any atom is -0.479 e. The van der Waals surface area contributed by atoms with Crippen LogP contribution in [-0.4, -0.2) is 38.8 Å². The lowest BCUT2D eigenvalue weighted by Crippen LogP contribution is -2.45. The molecule has 5 nitrogen and oxygen atoms in total. The average Bonchev–Trinajstić information content (AvgIpc) is 2.69. The molecule has 0 bridgehead atoms. The minimum atomic E-state index is -1.89. The SMILES string of the molecule is CCCCCC(O)/C=C/C1CCC(=O)CCCCCCCCCCC1(O)C(=O)O. The fourth-order valence-corrected chi connectivity index (χ4v) is 4.13. The quantitative estimate of drug-likeness (QED) is 0.397. The fourth-order valence-electron chi connectivity index (χ4n) is 4.13. The molecule has 1 aliphatic rings.